The summed E-state index contributed by atoms with van der Waals surface area (Å²) in [6.07, 6.45) is 5.18. The molecule has 2 aromatic rings. The molecule has 3 rings (SSSR count). The summed E-state index contributed by atoms with van der Waals surface area (Å²) < 4.78 is 0. The summed E-state index contributed by atoms with van der Waals surface area (Å²) in [4.78, 5) is 17.8. The van der Waals surface area contributed by atoms with Crippen molar-refractivity contribution >= 4 is 23.6 Å². The van der Waals surface area contributed by atoms with Crippen LogP contribution >= 0.6 is 11.6 Å². The van der Waals surface area contributed by atoms with E-state index >= 15 is 0 Å². The molecule has 5 heteroatoms. The van der Waals surface area contributed by atoms with E-state index in [2.05, 4.69) is 4.98 Å². The van der Waals surface area contributed by atoms with Crippen LogP contribution in [0.5, 0.6) is 5.75 Å². The van der Waals surface area contributed by atoms with Gasteiger partial charge in [-0.3, -0.25) is 4.98 Å². The molecule has 2 heterocycles. The van der Waals surface area contributed by atoms with Gasteiger partial charge in [-0.15, -0.1) is 0 Å². The van der Waals surface area contributed by atoms with Crippen molar-refractivity contribution < 1.29 is 9.90 Å². The van der Waals surface area contributed by atoms with Gasteiger partial charge < -0.3 is 14.8 Å². The van der Waals surface area contributed by atoms with Gasteiger partial charge in [-0.2, -0.15) is 0 Å². The van der Waals surface area contributed by atoms with Crippen LogP contribution in [-0.4, -0.2) is 22.9 Å². The molecule has 0 spiro atoms. The molecule has 21 heavy (non-hydrogen) atoms. The Kier molecular flexibility index (Phi) is 3.55. The first-order chi connectivity index (χ1) is 10.1. The molecule has 0 saturated heterocycles. The lowest BCUT2D eigenvalue weighted by atomic mass is 9.92. The lowest BCUT2D eigenvalue weighted by molar-refractivity contribution is -0.109. The number of fused-ring (bicyclic) bond motifs is 1. The van der Waals surface area contributed by atoms with Crippen molar-refractivity contribution in [2.45, 2.75) is 19.4 Å². The number of hydrogen-bond donors (Lipinski definition) is 1. The molecule has 1 unspecified atom stereocenters. The number of pyridine rings is 1. The molecule has 0 radical (unpaired) electrons. The summed E-state index contributed by atoms with van der Waals surface area (Å²) in [5, 5.41) is 9.99. The molecule has 108 valence electrons. The average molecular weight is 303 g/mol. The molecule has 1 aromatic heterocycles. The molecule has 0 aliphatic carbocycles. The molecule has 1 atom stereocenters. The Morgan fingerprint density at radius 1 is 1.48 bits per heavy atom. The zero-order valence-electron chi connectivity index (χ0n) is 11.6. The number of phenolic OH excluding ortho intramolecular Hbond substituents is 1. The van der Waals surface area contributed by atoms with Crippen LogP contribution in [0.1, 0.15) is 22.7 Å². The fourth-order valence-corrected chi connectivity index (χ4v) is 3.01. The number of halogens is 1. The third kappa shape index (κ3) is 2.36. The summed E-state index contributed by atoms with van der Waals surface area (Å²) in [5.41, 5.74) is 3.84. The number of hydrogen-bond acceptors (Lipinski definition) is 4. The monoisotopic (exact) mass is 302 g/mol. The first kappa shape index (κ1) is 13.9. The summed E-state index contributed by atoms with van der Waals surface area (Å²) >= 11 is 6.00. The third-order valence-corrected chi connectivity index (χ3v) is 4.24. The Morgan fingerprint density at radius 3 is 3.00 bits per heavy atom. The minimum Gasteiger partial charge on any atom is -0.506 e. The predicted molar refractivity (Wildman–Crippen MR) is 81.9 cm³/mol. The van der Waals surface area contributed by atoms with E-state index in [4.69, 9.17) is 11.6 Å². The Labute approximate surface area is 128 Å². The Morgan fingerprint density at radius 2 is 2.29 bits per heavy atom. The highest BCUT2D eigenvalue weighted by atomic mass is 35.5. The number of carbonyl (C=O) groups is 1. The number of aromatic nitrogens is 1. The van der Waals surface area contributed by atoms with Gasteiger partial charge in [0.05, 0.1) is 16.9 Å². The van der Waals surface area contributed by atoms with Gasteiger partial charge in [0, 0.05) is 12.7 Å². The Bertz CT molecular complexity index is 703. The van der Waals surface area contributed by atoms with Crippen molar-refractivity contribution in [1.82, 2.24) is 4.98 Å². The van der Waals surface area contributed by atoms with Crippen molar-refractivity contribution in [1.29, 1.82) is 0 Å². The van der Waals surface area contributed by atoms with Crippen molar-refractivity contribution in [3.63, 3.8) is 0 Å². The maximum absolute atomic E-state index is 11.6. The fraction of sp³-hybridized carbons (Fsp3) is 0.250. The van der Waals surface area contributed by atoms with E-state index in [0.717, 1.165) is 35.1 Å². The maximum atomic E-state index is 11.6. The second kappa shape index (κ2) is 5.37. The minimum atomic E-state index is -0.408. The largest absolute Gasteiger partial charge is 0.506 e. The SMILES string of the molecule is Cc1ccncc1N1CCc2cc(O)c(Cl)cc2C1C=O. The van der Waals surface area contributed by atoms with Gasteiger partial charge in [-0.1, -0.05) is 11.6 Å². The normalized spacial score (nSPS) is 17.4. The van der Waals surface area contributed by atoms with Gasteiger partial charge in [0.15, 0.2) is 0 Å². The fourth-order valence-electron chi connectivity index (χ4n) is 2.83. The van der Waals surface area contributed by atoms with Crippen LogP contribution in [0.3, 0.4) is 0 Å². The van der Waals surface area contributed by atoms with E-state index in [1.807, 2.05) is 17.9 Å². The van der Waals surface area contributed by atoms with E-state index in [-0.39, 0.29) is 10.8 Å². The van der Waals surface area contributed by atoms with Gasteiger partial charge in [0.25, 0.3) is 0 Å². The van der Waals surface area contributed by atoms with Crippen molar-refractivity contribution in [2.75, 3.05) is 11.4 Å². The van der Waals surface area contributed by atoms with Crippen LogP contribution in [0.25, 0.3) is 0 Å². The van der Waals surface area contributed by atoms with Crippen molar-refractivity contribution in [3.8, 4) is 5.75 Å². The van der Waals surface area contributed by atoms with Crippen molar-refractivity contribution in [3.05, 3.63) is 52.3 Å². The van der Waals surface area contributed by atoms with Gasteiger partial charge >= 0.3 is 0 Å². The smallest absolute Gasteiger partial charge is 0.147 e. The lowest BCUT2D eigenvalue weighted by Gasteiger charge is -2.36. The molecule has 0 amide bonds. The molecular weight excluding hydrogens is 288 g/mol. The molecule has 1 N–H and O–H groups in total. The van der Waals surface area contributed by atoms with Crippen molar-refractivity contribution in [2.24, 2.45) is 0 Å². The summed E-state index contributed by atoms with van der Waals surface area (Å²) in [6.45, 7) is 2.70. The van der Waals surface area contributed by atoms with Crippen LogP contribution in [0.2, 0.25) is 5.02 Å². The van der Waals surface area contributed by atoms with E-state index in [9.17, 15) is 9.90 Å². The first-order valence-corrected chi connectivity index (χ1v) is 7.13. The highest BCUT2D eigenvalue weighted by Crippen LogP contribution is 2.37. The summed E-state index contributed by atoms with van der Waals surface area (Å²) in [7, 11) is 0. The molecule has 0 bridgehead atoms. The number of aromatic hydroxyl groups is 1. The lowest BCUT2D eigenvalue weighted by Crippen LogP contribution is -2.36. The van der Waals surface area contributed by atoms with E-state index in [0.29, 0.717) is 6.54 Å². The number of carbonyl (C=O) groups excluding carboxylic acids is 1. The number of aryl methyl sites for hydroxylation is 1. The molecule has 0 fully saturated rings. The van der Waals surface area contributed by atoms with E-state index in [1.165, 1.54) is 0 Å². The molecule has 1 aliphatic heterocycles. The Hall–Kier alpha value is -2.07. The quantitative estimate of drug-likeness (QED) is 0.866. The van der Waals surface area contributed by atoms with Gasteiger partial charge in [-0.25, -0.2) is 0 Å². The van der Waals surface area contributed by atoms with Gasteiger partial charge in [0.1, 0.15) is 18.1 Å². The number of nitrogens with zero attached hydrogens (tertiary/aromatic N) is 2. The standard InChI is InChI=1S/C16H15ClN2O2/c1-10-2-4-18-8-14(10)19-5-3-11-6-16(21)13(17)7-12(11)15(19)9-20/h2,4,6-9,15,21H,3,5H2,1H3. The zero-order chi connectivity index (χ0) is 15.0. The first-order valence-electron chi connectivity index (χ1n) is 6.75. The summed E-state index contributed by atoms with van der Waals surface area (Å²) in [6, 6.07) is 4.86. The second-order valence-electron chi connectivity index (χ2n) is 5.19. The van der Waals surface area contributed by atoms with Crippen LogP contribution < -0.4 is 4.90 Å². The minimum absolute atomic E-state index is 0.0612. The molecular formula is C16H15ClN2O2. The number of aldehydes is 1. The zero-order valence-corrected chi connectivity index (χ0v) is 12.3. The van der Waals surface area contributed by atoms with Gasteiger partial charge in [-0.05, 0) is 48.2 Å². The topological polar surface area (TPSA) is 53.4 Å². The second-order valence-corrected chi connectivity index (χ2v) is 5.60. The predicted octanol–water partition coefficient (Wildman–Crippen LogP) is 3.05. The average Bonchev–Trinajstić information content (AvgIpc) is 2.48. The van der Waals surface area contributed by atoms with Crippen LogP contribution in [0.15, 0.2) is 30.6 Å². The number of anilines is 1. The third-order valence-electron chi connectivity index (χ3n) is 3.93. The Balaban J connectivity index is 2.09. The van der Waals surface area contributed by atoms with Gasteiger partial charge in [0.2, 0.25) is 0 Å². The molecule has 4 nitrogen and oxygen atoms in total. The highest BCUT2D eigenvalue weighted by Gasteiger charge is 2.29. The van der Waals surface area contributed by atoms with Crippen LogP contribution in [0, 0.1) is 6.92 Å². The number of rotatable bonds is 2. The number of benzene rings is 1. The van der Waals surface area contributed by atoms with E-state index in [1.54, 1.807) is 24.5 Å². The summed E-state index contributed by atoms with van der Waals surface area (Å²) in [5.74, 6) is 0.0612. The molecule has 1 aromatic carbocycles. The van der Waals surface area contributed by atoms with E-state index < -0.39 is 6.04 Å². The maximum Gasteiger partial charge on any atom is 0.147 e. The molecule has 0 saturated carbocycles. The van der Waals surface area contributed by atoms with Crippen LogP contribution in [-0.2, 0) is 11.2 Å². The highest BCUT2D eigenvalue weighted by molar-refractivity contribution is 6.32. The molecule has 1 aliphatic rings. The number of phenols is 1. The van der Waals surface area contributed by atoms with Crippen LogP contribution in [0.4, 0.5) is 5.69 Å².